The van der Waals surface area contributed by atoms with Gasteiger partial charge in [0.15, 0.2) is 0 Å². The molecule has 4 rings (SSSR count). The van der Waals surface area contributed by atoms with Crippen molar-refractivity contribution >= 4 is 44.1 Å². The van der Waals surface area contributed by atoms with Crippen LogP contribution in [-0.4, -0.2) is 31.6 Å². The standard InChI is InChI=1S/C16H11N5O2S/c22-5-1-2-9-6-11-14(19-9)17-8-18-15(11)20-10-3-4-12-13(7-10)24-16(23)21-12/h3-4,6-8,22H,5H2,(H,21,23)(H2,17,18,19,20). The summed E-state index contributed by atoms with van der Waals surface area (Å²) in [6, 6.07) is 7.44. The van der Waals surface area contributed by atoms with Crippen LogP contribution in [0.5, 0.6) is 0 Å². The molecule has 118 valence electrons. The molecule has 0 spiro atoms. The van der Waals surface area contributed by atoms with E-state index in [9.17, 15) is 4.79 Å². The highest BCUT2D eigenvalue weighted by atomic mass is 32.1. The van der Waals surface area contributed by atoms with Crippen molar-refractivity contribution in [1.29, 1.82) is 0 Å². The van der Waals surface area contributed by atoms with Crippen molar-refractivity contribution < 1.29 is 5.11 Å². The van der Waals surface area contributed by atoms with Gasteiger partial charge < -0.3 is 20.4 Å². The quantitative estimate of drug-likeness (QED) is 0.418. The van der Waals surface area contributed by atoms with Crippen LogP contribution in [0.3, 0.4) is 0 Å². The minimum Gasteiger partial charge on any atom is -0.384 e. The van der Waals surface area contributed by atoms with Gasteiger partial charge in [-0.1, -0.05) is 17.3 Å². The number of hydrogen-bond acceptors (Lipinski definition) is 6. The fraction of sp³-hybridized carbons (Fsp3) is 0.0625. The Labute approximate surface area is 139 Å². The van der Waals surface area contributed by atoms with Crippen LogP contribution in [0.15, 0.2) is 35.4 Å². The molecule has 0 fully saturated rings. The highest BCUT2D eigenvalue weighted by Crippen LogP contribution is 2.26. The van der Waals surface area contributed by atoms with Gasteiger partial charge in [-0.15, -0.1) is 0 Å². The number of fused-ring (bicyclic) bond motifs is 2. The molecule has 4 N–H and O–H groups in total. The minimum absolute atomic E-state index is 0.0793. The summed E-state index contributed by atoms with van der Waals surface area (Å²) in [5, 5.41) is 12.8. The third-order valence-corrected chi connectivity index (χ3v) is 4.26. The lowest BCUT2D eigenvalue weighted by molar-refractivity contribution is 0.350. The number of aliphatic hydroxyl groups is 1. The Bertz CT molecular complexity index is 1160. The first-order valence-corrected chi connectivity index (χ1v) is 7.88. The van der Waals surface area contributed by atoms with Crippen molar-refractivity contribution in [2.24, 2.45) is 0 Å². The summed E-state index contributed by atoms with van der Waals surface area (Å²) < 4.78 is 0.874. The van der Waals surface area contributed by atoms with E-state index in [0.717, 1.165) is 32.6 Å². The van der Waals surface area contributed by atoms with E-state index in [1.165, 1.54) is 6.33 Å². The van der Waals surface area contributed by atoms with Gasteiger partial charge in [0, 0.05) is 5.69 Å². The second kappa shape index (κ2) is 5.81. The van der Waals surface area contributed by atoms with Gasteiger partial charge in [0.1, 0.15) is 24.4 Å². The number of aliphatic hydroxyl groups excluding tert-OH is 1. The summed E-state index contributed by atoms with van der Waals surface area (Å²) in [4.78, 5) is 25.6. The lowest BCUT2D eigenvalue weighted by atomic mass is 10.3. The molecule has 8 heteroatoms. The summed E-state index contributed by atoms with van der Waals surface area (Å²) in [7, 11) is 0. The zero-order valence-corrected chi connectivity index (χ0v) is 13.1. The van der Waals surface area contributed by atoms with E-state index in [2.05, 4.69) is 37.1 Å². The van der Waals surface area contributed by atoms with Gasteiger partial charge in [0.25, 0.3) is 0 Å². The number of H-pyrrole nitrogens is 2. The second-order valence-corrected chi connectivity index (χ2v) is 5.99. The van der Waals surface area contributed by atoms with Crippen LogP contribution in [-0.2, 0) is 0 Å². The Morgan fingerprint density at radius 1 is 1.25 bits per heavy atom. The number of aromatic nitrogens is 4. The summed E-state index contributed by atoms with van der Waals surface area (Å²) in [5.41, 5.74) is 2.94. The SMILES string of the molecule is O=c1[nH]c2ccc(Nc3ncnc4[nH]c(C#CCO)cc34)cc2s1. The van der Waals surface area contributed by atoms with E-state index < -0.39 is 0 Å². The monoisotopic (exact) mass is 337 g/mol. The van der Waals surface area contributed by atoms with Gasteiger partial charge in [0.05, 0.1) is 21.3 Å². The number of nitrogens with one attached hydrogen (secondary N) is 3. The first kappa shape index (κ1) is 14.4. The van der Waals surface area contributed by atoms with E-state index in [1.807, 2.05) is 24.3 Å². The Balaban J connectivity index is 1.74. The minimum atomic E-state index is -0.203. The third kappa shape index (κ3) is 2.62. The Morgan fingerprint density at radius 3 is 3.04 bits per heavy atom. The maximum atomic E-state index is 11.4. The summed E-state index contributed by atoms with van der Waals surface area (Å²) in [5.74, 6) is 6.04. The fourth-order valence-electron chi connectivity index (χ4n) is 2.40. The maximum absolute atomic E-state index is 11.4. The zero-order chi connectivity index (χ0) is 16.5. The van der Waals surface area contributed by atoms with Crippen LogP contribution in [0.2, 0.25) is 0 Å². The average molecular weight is 337 g/mol. The highest BCUT2D eigenvalue weighted by Gasteiger charge is 2.08. The number of aromatic amines is 2. The Morgan fingerprint density at radius 2 is 2.17 bits per heavy atom. The van der Waals surface area contributed by atoms with Gasteiger partial charge in [-0.2, -0.15) is 0 Å². The maximum Gasteiger partial charge on any atom is 0.305 e. The molecule has 3 aromatic heterocycles. The lowest BCUT2D eigenvalue weighted by Gasteiger charge is -2.06. The summed E-state index contributed by atoms with van der Waals surface area (Å²) >= 11 is 1.16. The second-order valence-electron chi connectivity index (χ2n) is 4.98. The average Bonchev–Trinajstić information content (AvgIpc) is 3.15. The fourth-order valence-corrected chi connectivity index (χ4v) is 3.18. The van der Waals surface area contributed by atoms with Crippen LogP contribution < -0.4 is 10.2 Å². The molecule has 7 nitrogen and oxygen atoms in total. The number of rotatable bonds is 2. The van der Waals surface area contributed by atoms with Gasteiger partial charge in [0.2, 0.25) is 0 Å². The van der Waals surface area contributed by atoms with E-state index in [1.54, 1.807) is 0 Å². The molecule has 0 bridgehead atoms. The smallest absolute Gasteiger partial charge is 0.305 e. The topological polar surface area (TPSA) is 107 Å². The van der Waals surface area contributed by atoms with Crippen molar-refractivity contribution in [2.45, 2.75) is 0 Å². The molecule has 3 heterocycles. The number of anilines is 2. The van der Waals surface area contributed by atoms with Crippen LogP contribution in [0.1, 0.15) is 5.69 Å². The van der Waals surface area contributed by atoms with E-state index in [4.69, 9.17) is 5.11 Å². The Kier molecular flexibility index (Phi) is 3.49. The van der Waals surface area contributed by atoms with Gasteiger partial charge >= 0.3 is 4.87 Å². The van der Waals surface area contributed by atoms with E-state index in [-0.39, 0.29) is 11.5 Å². The van der Waals surface area contributed by atoms with Crippen LogP contribution in [0.4, 0.5) is 11.5 Å². The third-order valence-electron chi connectivity index (χ3n) is 3.41. The molecule has 0 atom stereocenters. The largest absolute Gasteiger partial charge is 0.384 e. The normalized spacial score (nSPS) is 10.7. The van der Waals surface area contributed by atoms with Crippen molar-refractivity contribution in [3.05, 3.63) is 46.0 Å². The zero-order valence-electron chi connectivity index (χ0n) is 12.3. The van der Waals surface area contributed by atoms with Gasteiger partial charge in [-0.05, 0) is 30.2 Å². The Hall–Kier alpha value is -3.15. The predicted molar refractivity (Wildman–Crippen MR) is 93.6 cm³/mol. The van der Waals surface area contributed by atoms with Crippen molar-refractivity contribution in [3.8, 4) is 11.8 Å². The molecule has 0 saturated heterocycles. The molecular weight excluding hydrogens is 326 g/mol. The summed E-state index contributed by atoms with van der Waals surface area (Å²) in [6.07, 6.45) is 1.46. The van der Waals surface area contributed by atoms with Crippen LogP contribution in [0, 0.1) is 11.8 Å². The number of nitrogens with zero attached hydrogens (tertiary/aromatic N) is 2. The number of thiazole rings is 1. The first-order chi connectivity index (χ1) is 11.7. The summed E-state index contributed by atoms with van der Waals surface area (Å²) in [6.45, 7) is -0.203. The van der Waals surface area contributed by atoms with Crippen molar-refractivity contribution in [3.63, 3.8) is 0 Å². The molecule has 0 aliphatic carbocycles. The first-order valence-electron chi connectivity index (χ1n) is 7.06. The molecular formula is C16H11N5O2S. The predicted octanol–water partition coefficient (Wildman–Crippen LogP) is 1.95. The van der Waals surface area contributed by atoms with Crippen LogP contribution >= 0.6 is 11.3 Å². The van der Waals surface area contributed by atoms with E-state index >= 15 is 0 Å². The van der Waals surface area contributed by atoms with Gasteiger partial charge in [-0.25, -0.2) is 9.97 Å². The molecule has 0 saturated carbocycles. The molecule has 1 aromatic carbocycles. The van der Waals surface area contributed by atoms with E-state index in [0.29, 0.717) is 17.2 Å². The molecule has 4 aromatic rings. The number of hydrogen-bond donors (Lipinski definition) is 4. The van der Waals surface area contributed by atoms with Crippen molar-refractivity contribution in [1.82, 2.24) is 19.9 Å². The lowest BCUT2D eigenvalue weighted by Crippen LogP contribution is -1.94. The van der Waals surface area contributed by atoms with Gasteiger partial charge in [-0.3, -0.25) is 4.79 Å². The highest BCUT2D eigenvalue weighted by molar-refractivity contribution is 7.16. The molecule has 0 amide bonds. The number of benzene rings is 1. The molecule has 0 aliphatic rings. The molecule has 24 heavy (non-hydrogen) atoms. The molecule has 0 radical (unpaired) electrons. The van der Waals surface area contributed by atoms with Crippen LogP contribution in [0.25, 0.3) is 21.3 Å². The van der Waals surface area contributed by atoms with Crippen molar-refractivity contribution in [2.75, 3.05) is 11.9 Å². The molecule has 0 aliphatic heterocycles. The molecule has 0 unspecified atom stereocenters.